The number of esters is 1. The van der Waals surface area contributed by atoms with Crippen LogP contribution < -0.4 is 0 Å². The highest BCUT2D eigenvalue weighted by Gasteiger charge is 2.46. The van der Waals surface area contributed by atoms with Crippen LogP contribution >= 0.6 is 0 Å². The Balaban J connectivity index is 3.08. The van der Waals surface area contributed by atoms with E-state index < -0.39 is 45.7 Å². The number of carbonyl (C=O) groups excluding carboxylic acids is 1. The number of carboxylic acids is 1. The van der Waals surface area contributed by atoms with Gasteiger partial charge in [-0.2, -0.15) is 4.31 Å². The van der Waals surface area contributed by atoms with Crippen molar-refractivity contribution in [2.75, 3.05) is 19.4 Å². The number of sulfonamides is 1. The zero-order valence-electron chi connectivity index (χ0n) is 13.4. The van der Waals surface area contributed by atoms with Gasteiger partial charge < -0.3 is 9.84 Å². The van der Waals surface area contributed by atoms with Crippen LogP contribution in [0, 0.1) is 5.41 Å². The van der Waals surface area contributed by atoms with Crippen LogP contribution in [-0.4, -0.2) is 55.2 Å². The number of carboxylic acid groups (broad SMARTS) is 1. The first-order valence-corrected chi connectivity index (χ1v) is 9.05. The summed E-state index contributed by atoms with van der Waals surface area (Å²) in [5, 5.41) is 8.92. The molecule has 1 aliphatic rings. The third-order valence-electron chi connectivity index (χ3n) is 4.11. The summed E-state index contributed by atoms with van der Waals surface area (Å²) in [6, 6.07) is -0.487. The maximum Gasteiger partial charge on any atom is 0.318 e. The second-order valence-corrected chi connectivity index (χ2v) is 8.04. The summed E-state index contributed by atoms with van der Waals surface area (Å²) in [5.41, 5.74) is -1.06. The van der Waals surface area contributed by atoms with Crippen molar-refractivity contribution in [3.8, 4) is 0 Å². The van der Waals surface area contributed by atoms with E-state index in [4.69, 9.17) is 9.84 Å². The molecule has 0 amide bonds. The molecule has 0 unspecified atom stereocenters. The van der Waals surface area contributed by atoms with Crippen LogP contribution in [0.3, 0.4) is 0 Å². The van der Waals surface area contributed by atoms with E-state index in [0.29, 0.717) is 12.8 Å². The number of methoxy groups -OCH3 is 1. The largest absolute Gasteiger partial charge is 0.480 e. The molecular weight excluding hydrogens is 310 g/mol. The number of hydrogen-bond acceptors (Lipinski definition) is 5. The van der Waals surface area contributed by atoms with Crippen molar-refractivity contribution in [2.24, 2.45) is 5.41 Å². The zero-order valence-corrected chi connectivity index (χ0v) is 14.2. The molecule has 1 saturated carbocycles. The maximum atomic E-state index is 12.7. The molecule has 0 aliphatic heterocycles. The standard InChI is InChI=1S/C14H25NO6S/c1-11(2)15(9-12(16)17)22(19,20)10-14(13(18)21-3)7-5-4-6-8-14/h11H,4-10H2,1-3H3,(H,16,17). The van der Waals surface area contributed by atoms with E-state index in [1.54, 1.807) is 13.8 Å². The minimum absolute atomic E-state index is 0.391. The van der Waals surface area contributed by atoms with Crippen molar-refractivity contribution < 1.29 is 27.9 Å². The topological polar surface area (TPSA) is 101 Å². The molecule has 1 aliphatic carbocycles. The van der Waals surface area contributed by atoms with Crippen LogP contribution in [0.25, 0.3) is 0 Å². The van der Waals surface area contributed by atoms with Gasteiger partial charge in [0.1, 0.15) is 6.54 Å². The van der Waals surface area contributed by atoms with E-state index in [2.05, 4.69) is 0 Å². The molecule has 8 heteroatoms. The quantitative estimate of drug-likeness (QED) is 0.702. The van der Waals surface area contributed by atoms with Crippen LogP contribution in [0.4, 0.5) is 0 Å². The minimum atomic E-state index is -3.88. The lowest BCUT2D eigenvalue weighted by Gasteiger charge is -2.36. The number of hydrogen-bond donors (Lipinski definition) is 1. The molecule has 7 nitrogen and oxygen atoms in total. The van der Waals surface area contributed by atoms with E-state index in [1.165, 1.54) is 7.11 Å². The summed E-state index contributed by atoms with van der Waals surface area (Å²) in [6.45, 7) is 2.63. The van der Waals surface area contributed by atoms with Gasteiger partial charge in [0, 0.05) is 6.04 Å². The van der Waals surface area contributed by atoms with Crippen molar-refractivity contribution in [3.05, 3.63) is 0 Å². The van der Waals surface area contributed by atoms with Gasteiger partial charge in [0.15, 0.2) is 0 Å². The Labute approximate surface area is 131 Å². The summed E-state index contributed by atoms with van der Waals surface area (Å²) < 4.78 is 31.1. The van der Waals surface area contributed by atoms with Crippen molar-refractivity contribution in [1.29, 1.82) is 0 Å². The smallest absolute Gasteiger partial charge is 0.318 e. The van der Waals surface area contributed by atoms with Crippen molar-refractivity contribution in [2.45, 2.75) is 52.0 Å². The number of carbonyl (C=O) groups is 2. The monoisotopic (exact) mass is 335 g/mol. The molecule has 0 radical (unpaired) electrons. The van der Waals surface area contributed by atoms with Gasteiger partial charge in [-0.1, -0.05) is 19.3 Å². The van der Waals surface area contributed by atoms with Crippen LogP contribution in [0.5, 0.6) is 0 Å². The third kappa shape index (κ3) is 4.42. The first-order valence-electron chi connectivity index (χ1n) is 7.44. The molecule has 22 heavy (non-hydrogen) atoms. The number of nitrogens with zero attached hydrogens (tertiary/aromatic N) is 1. The molecule has 1 N–H and O–H groups in total. The fraction of sp³-hybridized carbons (Fsp3) is 0.857. The normalized spacial score (nSPS) is 18.4. The summed E-state index contributed by atoms with van der Waals surface area (Å²) >= 11 is 0. The summed E-state index contributed by atoms with van der Waals surface area (Å²) in [5.74, 6) is -2.12. The molecule has 0 aromatic heterocycles. The summed E-state index contributed by atoms with van der Waals surface area (Å²) in [7, 11) is -2.63. The molecule has 0 spiro atoms. The third-order valence-corrected chi connectivity index (χ3v) is 6.29. The highest BCUT2D eigenvalue weighted by atomic mass is 32.2. The summed E-state index contributed by atoms with van der Waals surface area (Å²) in [6.07, 6.45) is 3.41. The Morgan fingerprint density at radius 1 is 1.23 bits per heavy atom. The van der Waals surface area contributed by atoms with Gasteiger partial charge in [0.2, 0.25) is 10.0 Å². The molecule has 128 valence electrons. The first-order chi connectivity index (χ1) is 10.1. The lowest BCUT2D eigenvalue weighted by Crippen LogP contribution is -2.48. The van der Waals surface area contributed by atoms with Crippen LogP contribution in [0.15, 0.2) is 0 Å². The molecule has 1 fully saturated rings. The second kappa shape index (κ2) is 7.41. The molecular formula is C14H25NO6S. The first kappa shape index (κ1) is 18.9. The minimum Gasteiger partial charge on any atom is -0.480 e. The average molecular weight is 335 g/mol. The lowest BCUT2D eigenvalue weighted by molar-refractivity contribution is -0.153. The number of aliphatic carboxylic acids is 1. The maximum absolute atomic E-state index is 12.7. The Kier molecular flexibility index (Phi) is 6.37. The molecule has 0 bridgehead atoms. The predicted octanol–water partition coefficient (Wildman–Crippen LogP) is 1.23. The van der Waals surface area contributed by atoms with Crippen LogP contribution in [-0.2, 0) is 24.3 Å². The van der Waals surface area contributed by atoms with Gasteiger partial charge >= 0.3 is 11.9 Å². The fourth-order valence-corrected chi connectivity index (χ4v) is 5.24. The van der Waals surface area contributed by atoms with Gasteiger partial charge in [-0.3, -0.25) is 9.59 Å². The Bertz CT molecular complexity index is 507. The Hall–Kier alpha value is -1.15. The number of rotatable bonds is 7. The van der Waals surface area contributed by atoms with Gasteiger partial charge in [-0.25, -0.2) is 8.42 Å². The van der Waals surface area contributed by atoms with E-state index in [0.717, 1.165) is 23.6 Å². The van der Waals surface area contributed by atoms with Gasteiger partial charge in [0.05, 0.1) is 18.3 Å². The van der Waals surface area contributed by atoms with E-state index in [1.807, 2.05) is 0 Å². The van der Waals surface area contributed by atoms with Gasteiger partial charge in [-0.15, -0.1) is 0 Å². The van der Waals surface area contributed by atoms with Gasteiger partial charge in [-0.05, 0) is 26.7 Å². The fourth-order valence-electron chi connectivity index (χ4n) is 3.02. The van der Waals surface area contributed by atoms with Gasteiger partial charge in [0.25, 0.3) is 0 Å². The van der Waals surface area contributed by atoms with E-state index in [9.17, 15) is 18.0 Å². The predicted molar refractivity (Wildman–Crippen MR) is 80.8 cm³/mol. The lowest BCUT2D eigenvalue weighted by atomic mass is 9.75. The molecule has 1 rings (SSSR count). The second-order valence-electron chi connectivity index (χ2n) is 6.12. The van der Waals surface area contributed by atoms with Crippen LogP contribution in [0.1, 0.15) is 46.0 Å². The van der Waals surface area contributed by atoms with Crippen molar-refractivity contribution in [3.63, 3.8) is 0 Å². The number of ether oxygens (including phenoxy) is 1. The Morgan fingerprint density at radius 3 is 2.18 bits per heavy atom. The van der Waals surface area contributed by atoms with Crippen molar-refractivity contribution >= 4 is 22.0 Å². The van der Waals surface area contributed by atoms with E-state index >= 15 is 0 Å². The SMILES string of the molecule is COC(=O)C1(CS(=O)(=O)N(CC(=O)O)C(C)C)CCCCC1. The molecule has 0 saturated heterocycles. The zero-order chi connectivity index (χ0) is 17.0. The average Bonchev–Trinajstić information content (AvgIpc) is 2.43. The van der Waals surface area contributed by atoms with Crippen molar-refractivity contribution in [1.82, 2.24) is 4.31 Å². The van der Waals surface area contributed by atoms with Crippen LogP contribution in [0.2, 0.25) is 0 Å². The molecule has 0 aromatic carbocycles. The molecule has 0 heterocycles. The highest BCUT2D eigenvalue weighted by molar-refractivity contribution is 7.89. The Morgan fingerprint density at radius 2 is 1.77 bits per heavy atom. The highest BCUT2D eigenvalue weighted by Crippen LogP contribution is 2.39. The van der Waals surface area contributed by atoms with E-state index in [-0.39, 0.29) is 0 Å². The molecule has 0 aromatic rings. The molecule has 0 atom stereocenters. The summed E-state index contributed by atoms with van der Waals surface area (Å²) in [4.78, 5) is 23.1.